The van der Waals surface area contributed by atoms with E-state index in [2.05, 4.69) is 4.74 Å². The van der Waals surface area contributed by atoms with Crippen molar-refractivity contribution in [3.05, 3.63) is 69.2 Å². The summed E-state index contributed by atoms with van der Waals surface area (Å²) in [6.45, 7) is 0.117. The number of benzene rings is 2. The largest absolute Gasteiger partial charge is 0.465 e. The fourth-order valence-electron chi connectivity index (χ4n) is 1.89. The zero-order valence-corrected chi connectivity index (χ0v) is 13.9. The molecule has 0 aliphatic heterocycles. The molecule has 4 nitrogen and oxygen atoms in total. The van der Waals surface area contributed by atoms with E-state index in [1.807, 2.05) is 0 Å². The molecule has 0 spiro atoms. The average Bonchev–Trinajstić information content (AvgIpc) is 2.55. The van der Waals surface area contributed by atoms with Gasteiger partial charge in [0, 0.05) is 10.0 Å². The van der Waals surface area contributed by atoms with Crippen molar-refractivity contribution < 1.29 is 19.1 Å². The van der Waals surface area contributed by atoms with Crippen LogP contribution in [0.25, 0.3) is 0 Å². The number of rotatable bonds is 5. The molecular formula is C17H14Cl2O4. The molecule has 2 rings (SSSR count). The first kappa shape index (κ1) is 17.3. The molecule has 6 heteroatoms. The molecule has 0 fully saturated rings. The van der Waals surface area contributed by atoms with Gasteiger partial charge in [0.25, 0.3) is 0 Å². The van der Waals surface area contributed by atoms with Gasteiger partial charge in [0.15, 0.2) is 0 Å². The summed E-state index contributed by atoms with van der Waals surface area (Å²) < 4.78 is 9.81. The first-order valence-electron chi connectivity index (χ1n) is 6.76. The fraction of sp³-hybridized carbons (Fsp3) is 0.176. The molecule has 2 aromatic carbocycles. The van der Waals surface area contributed by atoms with Crippen molar-refractivity contribution in [3.63, 3.8) is 0 Å². The van der Waals surface area contributed by atoms with E-state index in [1.54, 1.807) is 42.5 Å². The minimum Gasteiger partial charge on any atom is -0.465 e. The average molecular weight is 353 g/mol. The number of carbonyl (C=O) groups is 2. The van der Waals surface area contributed by atoms with Gasteiger partial charge >= 0.3 is 11.9 Å². The second-order valence-electron chi connectivity index (χ2n) is 4.76. The first-order chi connectivity index (χ1) is 11.0. The number of hydrogen-bond donors (Lipinski definition) is 0. The summed E-state index contributed by atoms with van der Waals surface area (Å²) in [6.07, 6.45) is 0.0657. The van der Waals surface area contributed by atoms with Gasteiger partial charge in [-0.15, -0.1) is 0 Å². The maximum Gasteiger partial charge on any atom is 0.337 e. The highest BCUT2D eigenvalue weighted by molar-refractivity contribution is 6.35. The lowest BCUT2D eigenvalue weighted by Crippen LogP contribution is -2.08. The normalized spacial score (nSPS) is 10.2. The Kier molecular flexibility index (Phi) is 6.02. The van der Waals surface area contributed by atoms with Crippen LogP contribution in [-0.2, 0) is 27.3 Å². The van der Waals surface area contributed by atoms with Gasteiger partial charge in [-0.2, -0.15) is 0 Å². The topological polar surface area (TPSA) is 52.6 Å². The molecule has 0 aliphatic carbocycles. The second-order valence-corrected chi connectivity index (χ2v) is 5.61. The van der Waals surface area contributed by atoms with Crippen molar-refractivity contribution in [2.75, 3.05) is 7.11 Å². The van der Waals surface area contributed by atoms with Crippen LogP contribution >= 0.6 is 23.2 Å². The predicted molar refractivity (Wildman–Crippen MR) is 87.7 cm³/mol. The summed E-state index contributed by atoms with van der Waals surface area (Å²) in [5.41, 5.74) is 1.87. The van der Waals surface area contributed by atoms with Crippen molar-refractivity contribution in [3.8, 4) is 0 Å². The Morgan fingerprint density at radius 2 is 1.74 bits per heavy atom. The van der Waals surface area contributed by atoms with E-state index >= 15 is 0 Å². The summed E-state index contributed by atoms with van der Waals surface area (Å²) in [7, 11) is 1.32. The third-order valence-corrected chi connectivity index (χ3v) is 3.71. The Balaban J connectivity index is 1.90. The molecule has 0 atom stereocenters. The van der Waals surface area contributed by atoms with Gasteiger partial charge in [-0.3, -0.25) is 4.79 Å². The lowest BCUT2D eigenvalue weighted by atomic mass is 10.1. The first-order valence-corrected chi connectivity index (χ1v) is 7.52. The van der Waals surface area contributed by atoms with Gasteiger partial charge in [0.1, 0.15) is 6.61 Å². The fourth-order valence-corrected chi connectivity index (χ4v) is 2.37. The van der Waals surface area contributed by atoms with E-state index in [1.165, 1.54) is 7.11 Å². The Labute approximate surface area is 143 Å². The third-order valence-electron chi connectivity index (χ3n) is 3.12. The minimum absolute atomic E-state index is 0.0657. The van der Waals surface area contributed by atoms with Gasteiger partial charge in [-0.1, -0.05) is 41.4 Å². The van der Waals surface area contributed by atoms with E-state index < -0.39 is 11.9 Å². The molecule has 23 heavy (non-hydrogen) atoms. The van der Waals surface area contributed by atoms with E-state index in [0.29, 0.717) is 21.2 Å². The zero-order chi connectivity index (χ0) is 16.8. The molecule has 0 unspecified atom stereocenters. The molecule has 2 aromatic rings. The Morgan fingerprint density at radius 1 is 1.04 bits per heavy atom. The van der Waals surface area contributed by atoms with Crippen LogP contribution in [0.4, 0.5) is 0 Å². The molecule has 0 N–H and O–H groups in total. The van der Waals surface area contributed by atoms with Crippen LogP contribution in [-0.4, -0.2) is 19.0 Å². The SMILES string of the molecule is COC(=O)c1ccc(COC(=O)Cc2ccc(Cl)cc2Cl)cc1. The standard InChI is InChI=1S/C17H14Cl2O4/c1-22-17(21)12-4-2-11(3-5-12)10-23-16(20)8-13-6-7-14(18)9-15(13)19/h2-7,9H,8,10H2,1H3. The number of halogens is 2. The van der Waals surface area contributed by atoms with E-state index in [-0.39, 0.29) is 13.0 Å². The molecular weight excluding hydrogens is 339 g/mol. The van der Waals surface area contributed by atoms with Gasteiger partial charge in [0.2, 0.25) is 0 Å². The van der Waals surface area contributed by atoms with Crippen LogP contribution in [0.2, 0.25) is 10.0 Å². The Bertz CT molecular complexity index is 711. The molecule has 0 saturated heterocycles. The molecule has 0 amide bonds. The maximum atomic E-state index is 11.9. The molecule has 0 saturated carbocycles. The van der Waals surface area contributed by atoms with Gasteiger partial charge in [-0.25, -0.2) is 4.79 Å². The second kappa shape index (κ2) is 7.99. The van der Waals surface area contributed by atoms with Crippen LogP contribution in [0.1, 0.15) is 21.5 Å². The number of esters is 2. The van der Waals surface area contributed by atoms with Crippen LogP contribution in [0.15, 0.2) is 42.5 Å². The zero-order valence-electron chi connectivity index (χ0n) is 12.3. The van der Waals surface area contributed by atoms with Crippen LogP contribution < -0.4 is 0 Å². The highest BCUT2D eigenvalue weighted by atomic mass is 35.5. The summed E-state index contributed by atoms with van der Waals surface area (Å²) >= 11 is 11.8. The quantitative estimate of drug-likeness (QED) is 0.761. The minimum atomic E-state index is -0.411. The number of carbonyl (C=O) groups excluding carboxylic acids is 2. The van der Waals surface area contributed by atoms with Crippen molar-refractivity contribution >= 4 is 35.1 Å². The van der Waals surface area contributed by atoms with Crippen LogP contribution in [0.5, 0.6) is 0 Å². The molecule has 0 radical (unpaired) electrons. The lowest BCUT2D eigenvalue weighted by Gasteiger charge is -2.07. The van der Waals surface area contributed by atoms with Gasteiger partial charge in [0.05, 0.1) is 19.1 Å². The van der Waals surface area contributed by atoms with Crippen molar-refractivity contribution in [2.24, 2.45) is 0 Å². The summed E-state index contributed by atoms with van der Waals surface area (Å²) in [6, 6.07) is 11.6. The lowest BCUT2D eigenvalue weighted by molar-refractivity contribution is -0.144. The van der Waals surface area contributed by atoms with Crippen molar-refractivity contribution in [2.45, 2.75) is 13.0 Å². The molecule has 0 aliphatic rings. The summed E-state index contributed by atoms with van der Waals surface area (Å²) in [5.74, 6) is -0.808. The van der Waals surface area contributed by atoms with E-state index in [9.17, 15) is 9.59 Å². The van der Waals surface area contributed by atoms with Gasteiger partial charge in [-0.05, 0) is 35.4 Å². The summed E-state index contributed by atoms with van der Waals surface area (Å²) in [5, 5.41) is 0.940. The Morgan fingerprint density at radius 3 is 2.35 bits per heavy atom. The molecule has 0 bridgehead atoms. The van der Waals surface area contributed by atoms with Crippen molar-refractivity contribution in [1.82, 2.24) is 0 Å². The maximum absolute atomic E-state index is 11.9. The monoisotopic (exact) mass is 352 g/mol. The highest BCUT2D eigenvalue weighted by Gasteiger charge is 2.10. The van der Waals surface area contributed by atoms with Crippen LogP contribution in [0.3, 0.4) is 0 Å². The smallest absolute Gasteiger partial charge is 0.337 e. The number of methoxy groups -OCH3 is 1. The molecule has 120 valence electrons. The molecule has 0 heterocycles. The van der Waals surface area contributed by atoms with Crippen LogP contribution in [0, 0.1) is 0 Å². The highest BCUT2D eigenvalue weighted by Crippen LogP contribution is 2.21. The number of ether oxygens (including phenoxy) is 2. The third kappa shape index (κ3) is 4.98. The Hall–Kier alpha value is -2.04. The number of hydrogen-bond acceptors (Lipinski definition) is 4. The molecule has 0 aromatic heterocycles. The van der Waals surface area contributed by atoms with E-state index in [4.69, 9.17) is 27.9 Å². The van der Waals surface area contributed by atoms with Gasteiger partial charge < -0.3 is 9.47 Å². The van der Waals surface area contributed by atoms with E-state index in [0.717, 1.165) is 5.56 Å². The van der Waals surface area contributed by atoms with Crippen molar-refractivity contribution in [1.29, 1.82) is 0 Å². The summed E-state index contributed by atoms with van der Waals surface area (Å²) in [4.78, 5) is 23.2. The predicted octanol–water partition coefficient (Wildman–Crippen LogP) is 4.07.